The largest absolute Gasteiger partial charge is 0.467 e. The number of hydrogen-bond donors (Lipinski definition) is 1. The van der Waals surface area contributed by atoms with Crippen LogP contribution >= 0.6 is 0 Å². The molecule has 16 heavy (non-hydrogen) atoms. The summed E-state index contributed by atoms with van der Waals surface area (Å²) >= 11 is 0. The fraction of sp³-hybridized carbons (Fsp3) is 0.900. The van der Waals surface area contributed by atoms with E-state index in [2.05, 4.69) is 4.74 Å². The highest BCUT2D eigenvalue weighted by Gasteiger charge is 2.50. The van der Waals surface area contributed by atoms with Gasteiger partial charge in [0, 0.05) is 0 Å². The molecular weight excluding hydrogens is 219 g/mol. The molecule has 1 saturated heterocycles. The highest BCUT2D eigenvalue weighted by molar-refractivity contribution is 5.79. The molecule has 1 rings (SSSR count). The zero-order chi connectivity index (χ0) is 12.6. The summed E-state index contributed by atoms with van der Waals surface area (Å²) in [6.45, 7) is 4.28. The third-order valence-corrected chi connectivity index (χ3v) is 2.52. The molecule has 0 radical (unpaired) electrons. The lowest BCUT2D eigenvalue weighted by atomic mass is 9.97. The highest BCUT2D eigenvalue weighted by Crippen LogP contribution is 2.30. The Morgan fingerprint density at radius 2 is 2.25 bits per heavy atom. The number of carbonyl (C=O) groups excluding carboxylic acids is 1. The molecule has 3 atom stereocenters. The number of halogens is 1. The van der Waals surface area contributed by atoms with E-state index in [0.29, 0.717) is 0 Å². The molecule has 1 aliphatic heterocycles. The van der Waals surface area contributed by atoms with E-state index in [4.69, 9.17) is 9.47 Å². The molecule has 0 aromatic carbocycles. The van der Waals surface area contributed by atoms with Gasteiger partial charge in [0.25, 0.3) is 0 Å². The first kappa shape index (κ1) is 13.3. The fourth-order valence-corrected chi connectivity index (χ4v) is 1.54. The van der Waals surface area contributed by atoms with Crippen LogP contribution in [-0.4, -0.2) is 48.5 Å². The van der Waals surface area contributed by atoms with Gasteiger partial charge in [0.15, 0.2) is 5.79 Å². The van der Waals surface area contributed by atoms with E-state index in [-0.39, 0.29) is 6.61 Å². The van der Waals surface area contributed by atoms with Crippen LogP contribution in [0.3, 0.4) is 0 Å². The number of rotatable bonds is 3. The van der Waals surface area contributed by atoms with Crippen LogP contribution < -0.4 is 0 Å². The van der Waals surface area contributed by atoms with Crippen molar-refractivity contribution in [3.63, 3.8) is 0 Å². The van der Waals surface area contributed by atoms with E-state index in [9.17, 15) is 14.3 Å². The van der Waals surface area contributed by atoms with Crippen LogP contribution in [0, 0.1) is 0 Å². The second-order valence-corrected chi connectivity index (χ2v) is 4.38. The van der Waals surface area contributed by atoms with E-state index in [1.54, 1.807) is 13.8 Å². The van der Waals surface area contributed by atoms with Gasteiger partial charge in [-0.2, -0.15) is 0 Å². The molecule has 0 saturated carbocycles. The van der Waals surface area contributed by atoms with Crippen molar-refractivity contribution in [2.75, 3.05) is 13.7 Å². The maximum absolute atomic E-state index is 13.9. The minimum atomic E-state index is -2.51. The van der Waals surface area contributed by atoms with Crippen LogP contribution in [0.1, 0.15) is 20.8 Å². The summed E-state index contributed by atoms with van der Waals surface area (Å²) in [5.74, 6) is -2.01. The lowest BCUT2D eigenvalue weighted by Gasteiger charge is -2.27. The molecule has 0 spiro atoms. The van der Waals surface area contributed by atoms with Crippen molar-refractivity contribution in [3.05, 3.63) is 0 Å². The summed E-state index contributed by atoms with van der Waals surface area (Å²) < 4.78 is 28.7. The number of aliphatic hydroxyl groups excluding tert-OH is 1. The lowest BCUT2D eigenvalue weighted by molar-refractivity contribution is -0.181. The Bertz CT molecular complexity index is 276. The number of aliphatic hydroxyl groups is 1. The monoisotopic (exact) mass is 236 g/mol. The van der Waals surface area contributed by atoms with Crippen LogP contribution in [0.4, 0.5) is 4.39 Å². The summed E-state index contributed by atoms with van der Waals surface area (Å²) in [5.41, 5.74) is -2.51. The minimum absolute atomic E-state index is 0.0324. The van der Waals surface area contributed by atoms with Gasteiger partial charge in [-0.25, -0.2) is 9.18 Å². The molecule has 6 heteroatoms. The molecule has 1 unspecified atom stereocenters. The summed E-state index contributed by atoms with van der Waals surface area (Å²) in [5, 5.41) is 9.73. The first-order valence-electron chi connectivity index (χ1n) is 4.98. The van der Waals surface area contributed by atoms with Gasteiger partial charge in [0.2, 0.25) is 5.67 Å². The molecule has 0 aliphatic carbocycles. The van der Waals surface area contributed by atoms with Crippen LogP contribution in [-0.2, 0) is 19.0 Å². The van der Waals surface area contributed by atoms with Crippen molar-refractivity contribution in [1.29, 1.82) is 0 Å². The smallest absolute Gasteiger partial charge is 0.346 e. The quantitative estimate of drug-likeness (QED) is 0.718. The van der Waals surface area contributed by atoms with Crippen LogP contribution in [0.2, 0.25) is 0 Å². The van der Waals surface area contributed by atoms with Crippen molar-refractivity contribution in [2.24, 2.45) is 0 Å². The molecule has 1 fully saturated rings. The molecule has 0 bridgehead atoms. The highest BCUT2D eigenvalue weighted by atomic mass is 19.1. The molecule has 0 aromatic rings. The van der Waals surface area contributed by atoms with Crippen LogP contribution in [0.25, 0.3) is 0 Å². The number of hydrogen-bond acceptors (Lipinski definition) is 5. The third-order valence-electron chi connectivity index (χ3n) is 2.52. The molecule has 1 aliphatic rings. The number of alkyl halides is 1. The second kappa shape index (κ2) is 4.27. The van der Waals surface area contributed by atoms with Gasteiger partial charge in [-0.3, -0.25) is 0 Å². The predicted octanol–water partition coefficient (Wildman–Crippen LogP) is 0.400. The molecule has 5 nitrogen and oxygen atoms in total. The topological polar surface area (TPSA) is 65.0 Å². The van der Waals surface area contributed by atoms with Crippen molar-refractivity contribution in [3.8, 4) is 0 Å². The minimum Gasteiger partial charge on any atom is -0.467 e. The number of ether oxygens (including phenoxy) is 3. The Balaban J connectivity index is 2.71. The molecule has 0 aromatic heterocycles. The molecule has 1 heterocycles. The average molecular weight is 236 g/mol. The Hall–Kier alpha value is -0.720. The Morgan fingerprint density at radius 1 is 1.69 bits per heavy atom. The summed E-state index contributed by atoms with van der Waals surface area (Å²) in [4.78, 5) is 11.1. The van der Waals surface area contributed by atoms with Gasteiger partial charge >= 0.3 is 5.97 Å². The van der Waals surface area contributed by atoms with Gasteiger partial charge in [-0.15, -0.1) is 0 Å². The van der Waals surface area contributed by atoms with E-state index in [0.717, 1.165) is 14.0 Å². The van der Waals surface area contributed by atoms with Crippen molar-refractivity contribution < 1.29 is 28.5 Å². The van der Waals surface area contributed by atoms with Gasteiger partial charge < -0.3 is 19.3 Å². The maximum atomic E-state index is 13.9. The number of carbonyl (C=O) groups is 1. The molecule has 94 valence electrons. The molecular formula is C10H17FO5. The van der Waals surface area contributed by atoms with Gasteiger partial charge in [-0.05, 0) is 20.8 Å². The number of methoxy groups -OCH3 is 1. The maximum Gasteiger partial charge on any atom is 0.346 e. The Kier molecular flexibility index (Phi) is 3.56. The SMILES string of the molecule is COC(=O)[C@](C)(F)[C@H](O)C1COC(C)(C)O1. The summed E-state index contributed by atoms with van der Waals surface area (Å²) in [6.07, 6.45) is -2.51. The average Bonchev–Trinajstić information content (AvgIpc) is 2.56. The first-order chi connectivity index (χ1) is 7.20. The Morgan fingerprint density at radius 3 is 2.62 bits per heavy atom. The van der Waals surface area contributed by atoms with Crippen molar-refractivity contribution in [1.82, 2.24) is 0 Å². The third kappa shape index (κ3) is 2.50. The normalized spacial score (nSPS) is 29.5. The number of esters is 1. The predicted molar refractivity (Wildman–Crippen MR) is 52.4 cm³/mol. The van der Waals surface area contributed by atoms with Gasteiger partial charge in [0.05, 0.1) is 13.7 Å². The first-order valence-corrected chi connectivity index (χ1v) is 4.98. The lowest BCUT2D eigenvalue weighted by Crippen LogP contribution is -2.51. The standard InChI is InChI=1S/C10H17FO5/c1-9(2)15-5-6(16-9)7(12)10(3,11)8(13)14-4/h6-7,12H,5H2,1-4H3/t6?,7-,10-/m1/s1. The zero-order valence-electron chi connectivity index (χ0n) is 9.82. The van der Waals surface area contributed by atoms with E-state index in [1.165, 1.54) is 0 Å². The Labute approximate surface area is 93.5 Å². The zero-order valence-corrected chi connectivity index (χ0v) is 9.82. The summed E-state index contributed by atoms with van der Waals surface area (Å²) in [7, 11) is 1.06. The molecule has 1 N–H and O–H groups in total. The van der Waals surface area contributed by atoms with E-state index < -0.39 is 29.6 Å². The van der Waals surface area contributed by atoms with E-state index >= 15 is 0 Å². The van der Waals surface area contributed by atoms with Crippen LogP contribution in [0.15, 0.2) is 0 Å². The van der Waals surface area contributed by atoms with Crippen LogP contribution in [0.5, 0.6) is 0 Å². The fourth-order valence-electron chi connectivity index (χ4n) is 1.54. The second-order valence-electron chi connectivity index (χ2n) is 4.38. The summed E-state index contributed by atoms with van der Waals surface area (Å²) in [6, 6.07) is 0. The van der Waals surface area contributed by atoms with Crippen molar-refractivity contribution >= 4 is 5.97 Å². The van der Waals surface area contributed by atoms with Crippen molar-refractivity contribution in [2.45, 2.75) is 44.4 Å². The van der Waals surface area contributed by atoms with Gasteiger partial charge in [-0.1, -0.05) is 0 Å². The van der Waals surface area contributed by atoms with E-state index in [1.807, 2.05) is 0 Å². The molecule has 0 amide bonds. The van der Waals surface area contributed by atoms with Gasteiger partial charge in [0.1, 0.15) is 12.2 Å².